The lowest BCUT2D eigenvalue weighted by Gasteiger charge is -2.10. The van der Waals surface area contributed by atoms with E-state index < -0.39 is 23.5 Å². The number of alkyl halides is 3. The van der Waals surface area contributed by atoms with Crippen LogP contribution in [-0.4, -0.2) is 12.6 Å². The normalized spacial score (nSPS) is 11.7. The van der Waals surface area contributed by atoms with Gasteiger partial charge in [-0.2, -0.15) is 13.2 Å². The van der Waals surface area contributed by atoms with Crippen LogP contribution >= 0.6 is 0 Å². The van der Waals surface area contributed by atoms with Crippen molar-refractivity contribution in [1.29, 1.82) is 0 Å². The molecule has 0 bridgehead atoms. The molecule has 106 valence electrons. The Morgan fingerprint density at radius 2 is 1.95 bits per heavy atom. The second kappa shape index (κ2) is 6.04. The lowest BCUT2D eigenvalue weighted by atomic mass is 10.1. The van der Waals surface area contributed by atoms with E-state index in [1.807, 2.05) is 13.8 Å². The topological polar surface area (TPSA) is 26.3 Å². The average molecular weight is 278 g/mol. The number of esters is 1. The van der Waals surface area contributed by atoms with Gasteiger partial charge in [-0.05, 0) is 30.5 Å². The molecule has 1 rings (SSSR count). The van der Waals surface area contributed by atoms with Gasteiger partial charge in [0.2, 0.25) is 0 Å². The van der Waals surface area contributed by atoms with Gasteiger partial charge >= 0.3 is 12.1 Å². The molecular formula is C13H14F4O2. The minimum absolute atomic E-state index is 0.120. The zero-order valence-corrected chi connectivity index (χ0v) is 10.6. The van der Waals surface area contributed by atoms with Gasteiger partial charge in [0.25, 0.3) is 0 Å². The Morgan fingerprint density at radius 1 is 1.32 bits per heavy atom. The maximum absolute atomic E-state index is 13.0. The Bertz CT molecular complexity index is 452. The summed E-state index contributed by atoms with van der Waals surface area (Å²) < 4.78 is 55.2. The van der Waals surface area contributed by atoms with E-state index >= 15 is 0 Å². The first-order valence-electron chi connectivity index (χ1n) is 5.75. The molecule has 0 atom stereocenters. The predicted molar refractivity (Wildman–Crippen MR) is 61.1 cm³/mol. The number of hydrogen-bond acceptors (Lipinski definition) is 2. The number of ether oxygens (including phenoxy) is 1. The highest BCUT2D eigenvalue weighted by atomic mass is 19.4. The van der Waals surface area contributed by atoms with Gasteiger partial charge in [0.1, 0.15) is 5.82 Å². The van der Waals surface area contributed by atoms with E-state index in [1.165, 1.54) is 0 Å². The van der Waals surface area contributed by atoms with Gasteiger partial charge in [-0.15, -0.1) is 0 Å². The first-order chi connectivity index (χ1) is 8.71. The van der Waals surface area contributed by atoms with Crippen LogP contribution in [0.2, 0.25) is 0 Å². The Labute approximate surface area is 108 Å². The smallest absolute Gasteiger partial charge is 0.419 e. The van der Waals surface area contributed by atoms with Gasteiger partial charge < -0.3 is 4.74 Å². The third-order valence-corrected chi connectivity index (χ3v) is 2.44. The Morgan fingerprint density at radius 3 is 2.47 bits per heavy atom. The molecule has 0 heterocycles. The molecule has 0 radical (unpaired) electrons. The van der Waals surface area contributed by atoms with Gasteiger partial charge in [-0.3, -0.25) is 0 Å². The molecule has 0 aliphatic rings. The SMILES string of the molecule is CC(C)CCOC(=O)c1ccc(F)c(C(F)(F)F)c1. The van der Waals surface area contributed by atoms with Crippen molar-refractivity contribution in [3.05, 3.63) is 35.1 Å². The number of carbonyl (C=O) groups is 1. The minimum Gasteiger partial charge on any atom is -0.462 e. The van der Waals surface area contributed by atoms with E-state index in [1.54, 1.807) is 0 Å². The molecule has 0 aliphatic heterocycles. The fourth-order valence-corrected chi connectivity index (χ4v) is 1.34. The average Bonchev–Trinajstić information content (AvgIpc) is 2.27. The molecular weight excluding hydrogens is 264 g/mol. The lowest BCUT2D eigenvalue weighted by Crippen LogP contribution is -2.12. The van der Waals surface area contributed by atoms with Crippen molar-refractivity contribution < 1.29 is 27.1 Å². The van der Waals surface area contributed by atoms with Gasteiger partial charge in [-0.25, -0.2) is 9.18 Å². The first-order valence-corrected chi connectivity index (χ1v) is 5.75. The van der Waals surface area contributed by atoms with E-state index in [0.29, 0.717) is 24.5 Å². The van der Waals surface area contributed by atoms with Crippen molar-refractivity contribution in [3.63, 3.8) is 0 Å². The standard InChI is InChI=1S/C13H14F4O2/c1-8(2)5-6-19-12(18)9-3-4-11(14)10(7-9)13(15,16)17/h3-4,7-8H,5-6H2,1-2H3. The van der Waals surface area contributed by atoms with Crippen LogP contribution in [0.5, 0.6) is 0 Å². The van der Waals surface area contributed by atoms with Crippen LogP contribution in [0.25, 0.3) is 0 Å². The number of rotatable bonds is 4. The van der Waals surface area contributed by atoms with E-state index in [2.05, 4.69) is 0 Å². The summed E-state index contributed by atoms with van der Waals surface area (Å²) in [6.45, 7) is 3.97. The summed E-state index contributed by atoms with van der Waals surface area (Å²) in [5.41, 5.74) is -1.77. The molecule has 0 spiro atoms. The number of halogens is 4. The summed E-state index contributed by atoms with van der Waals surface area (Å²) in [5, 5.41) is 0. The van der Waals surface area contributed by atoms with E-state index in [-0.39, 0.29) is 12.2 Å². The highest BCUT2D eigenvalue weighted by Crippen LogP contribution is 2.32. The monoisotopic (exact) mass is 278 g/mol. The van der Waals surface area contributed by atoms with Crippen LogP contribution in [0.3, 0.4) is 0 Å². The van der Waals surface area contributed by atoms with Crippen LogP contribution < -0.4 is 0 Å². The molecule has 1 aromatic rings. The molecule has 0 unspecified atom stereocenters. The fourth-order valence-electron chi connectivity index (χ4n) is 1.34. The number of hydrogen-bond donors (Lipinski definition) is 0. The molecule has 2 nitrogen and oxygen atoms in total. The van der Waals surface area contributed by atoms with Gasteiger partial charge in [0.05, 0.1) is 17.7 Å². The summed E-state index contributed by atoms with van der Waals surface area (Å²) in [7, 11) is 0. The van der Waals surface area contributed by atoms with Crippen LogP contribution in [0.15, 0.2) is 18.2 Å². The van der Waals surface area contributed by atoms with Crippen molar-refractivity contribution >= 4 is 5.97 Å². The molecule has 19 heavy (non-hydrogen) atoms. The van der Waals surface area contributed by atoms with Crippen molar-refractivity contribution in [2.45, 2.75) is 26.4 Å². The summed E-state index contributed by atoms with van der Waals surface area (Å²) in [6, 6.07) is 2.05. The molecule has 0 saturated carbocycles. The summed E-state index contributed by atoms with van der Waals surface area (Å²) in [5.74, 6) is -1.98. The van der Waals surface area contributed by atoms with E-state index in [9.17, 15) is 22.4 Å². The molecule has 0 saturated heterocycles. The zero-order chi connectivity index (χ0) is 14.6. The summed E-state index contributed by atoms with van der Waals surface area (Å²) in [4.78, 5) is 11.5. The van der Waals surface area contributed by atoms with E-state index in [4.69, 9.17) is 4.74 Å². The summed E-state index contributed by atoms with van der Waals surface area (Å²) >= 11 is 0. The fraction of sp³-hybridized carbons (Fsp3) is 0.462. The van der Waals surface area contributed by atoms with Gasteiger partial charge in [0.15, 0.2) is 0 Å². The second-order valence-corrected chi connectivity index (χ2v) is 4.51. The number of benzene rings is 1. The van der Waals surface area contributed by atoms with Gasteiger partial charge in [0, 0.05) is 0 Å². The molecule has 0 aromatic heterocycles. The maximum atomic E-state index is 13.0. The quantitative estimate of drug-likeness (QED) is 0.613. The number of carbonyl (C=O) groups excluding carboxylic acids is 1. The van der Waals surface area contributed by atoms with E-state index in [0.717, 1.165) is 6.07 Å². The lowest BCUT2D eigenvalue weighted by molar-refractivity contribution is -0.140. The highest BCUT2D eigenvalue weighted by Gasteiger charge is 2.34. The molecule has 6 heteroatoms. The Balaban J connectivity index is 2.82. The van der Waals surface area contributed by atoms with Crippen molar-refractivity contribution in [2.75, 3.05) is 6.61 Å². The predicted octanol–water partition coefficient (Wildman–Crippen LogP) is 4.05. The Kier molecular flexibility index (Phi) is 4.91. The molecule has 0 amide bonds. The van der Waals surface area contributed by atoms with Crippen LogP contribution in [0.1, 0.15) is 36.2 Å². The third kappa shape index (κ3) is 4.54. The minimum atomic E-state index is -4.84. The zero-order valence-electron chi connectivity index (χ0n) is 10.6. The molecule has 0 fully saturated rings. The largest absolute Gasteiger partial charge is 0.462 e. The van der Waals surface area contributed by atoms with Crippen LogP contribution in [-0.2, 0) is 10.9 Å². The molecule has 1 aromatic carbocycles. The first kappa shape index (κ1) is 15.5. The Hall–Kier alpha value is -1.59. The van der Waals surface area contributed by atoms with Crippen molar-refractivity contribution in [3.8, 4) is 0 Å². The third-order valence-electron chi connectivity index (χ3n) is 2.44. The van der Waals surface area contributed by atoms with Gasteiger partial charge in [-0.1, -0.05) is 13.8 Å². The highest BCUT2D eigenvalue weighted by molar-refractivity contribution is 5.89. The van der Waals surface area contributed by atoms with Crippen LogP contribution in [0, 0.1) is 11.7 Å². The summed E-state index contributed by atoms with van der Waals surface area (Å²) in [6.07, 6.45) is -4.22. The van der Waals surface area contributed by atoms with Crippen LogP contribution in [0.4, 0.5) is 17.6 Å². The molecule has 0 aliphatic carbocycles. The van der Waals surface area contributed by atoms with Crippen molar-refractivity contribution in [1.82, 2.24) is 0 Å². The maximum Gasteiger partial charge on any atom is 0.419 e. The molecule has 0 N–H and O–H groups in total. The van der Waals surface area contributed by atoms with Crippen molar-refractivity contribution in [2.24, 2.45) is 5.92 Å². The second-order valence-electron chi connectivity index (χ2n) is 4.51.